The van der Waals surface area contributed by atoms with Crippen molar-refractivity contribution in [2.45, 2.75) is 63.8 Å². The molecule has 0 aliphatic carbocycles. The number of carbonyl (C=O) groups excluding carboxylic acids is 3. The maximum absolute atomic E-state index is 13.6. The molecular weight excluding hydrogens is 526 g/mol. The second kappa shape index (κ2) is 13.7. The number of rotatable bonds is 11. The Morgan fingerprint density at radius 3 is 1.44 bits per heavy atom. The molecular formula is C31H37N3O7. The molecule has 0 aliphatic heterocycles. The van der Waals surface area contributed by atoms with Gasteiger partial charge in [0, 0.05) is 12.8 Å². The molecule has 0 heterocycles. The Kier molecular flexibility index (Phi) is 10.3. The van der Waals surface area contributed by atoms with Gasteiger partial charge in [-0.1, -0.05) is 36.4 Å². The second-order valence-electron chi connectivity index (χ2n) is 10.9. The lowest BCUT2D eigenvalue weighted by molar-refractivity contribution is -0.158. The molecule has 3 rings (SSSR count). The minimum atomic E-state index is -1.11. The highest BCUT2D eigenvalue weighted by Gasteiger charge is 2.31. The zero-order valence-corrected chi connectivity index (χ0v) is 23.3. The molecule has 0 saturated heterocycles. The highest BCUT2D eigenvalue weighted by Crippen LogP contribution is 2.16. The van der Waals surface area contributed by atoms with Gasteiger partial charge in [-0.25, -0.2) is 4.79 Å². The molecule has 10 heteroatoms. The summed E-state index contributed by atoms with van der Waals surface area (Å²) in [7, 11) is 0. The van der Waals surface area contributed by atoms with Crippen LogP contribution in [0, 0.1) is 0 Å². The van der Waals surface area contributed by atoms with Gasteiger partial charge in [0.25, 0.3) is 0 Å². The molecule has 0 saturated carbocycles. The van der Waals surface area contributed by atoms with E-state index >= 15 is 0 Å². The molecule has 2 amide bonds. The van der Waals surface area contributed by atoms with Crippen molar-refractivity contribution in [2.24, 2.45) is 5.73 Å². The molecule has 0 aliphatic rings. The average Bonchev–Trinajstić information content (AvgIpc) is 2.90. The first-order valence-corrected chi connectivity index (χ1v) is 13.2. The van der Waals surface area contributed by atoms with E-state index in [9.17, 15) is 29.7 Å². The highest BCUT2D eigenvalue weighted by atomic mass is 16.6. The van der Waals surface area contributed by atoms with Crippen molar-refractivity contribution in [3.63, 3.8) is 0 Å². The Hall–Kier alpha value is -4.57. The molecule has 0 bridgehead atoms. The number of benzene rings is 3. The Morgan fingerprint density at radius 1 is 0.659 bits per heavy atom. The third-order valence-corrected chi connectivity index (χ3v) is 6.12. The van der Waals surface area contributed by atoms with E-state index in [0.717, 1.165) is 5.56 Å². The monoisotopic (exact) mass is 563 g/mol. The predicted octanol–water partition coefficient (Wildman–Crippen LogP) is 2.47. The average molecular weight is 564 g/mol. The van der Waals surface area contributed by atoms with Gasteiger partial charge >= 0.3 is 5.97 Å². The molecule has 10 nitrogen and oxygen atoms in total. The predicted molar refractivity (Wildman–Crippen MR) is 153 cm³/mol. The number of nitrogens with two attached hydrogens (primary N) is 1. The summed E-state index contributed by atoms with van der Waals surface area (Å²) >= 11 is 0. The van der Waals surface area contributed by atoms with Crippen LogP contribution in [0.25, 0.3) is 0 Å². The van der Waals surface area contributed by atoms with Crippen molar-refractivity contribution in [3.05, 3.63) is 89.5 Å². The van der Waals surface area contributed by atoms with Crippen LogP contribution in [0.3, 0.4) is 0 Å². The van der Waals surface area contributed by atoms with Crippen LogP contribution in [-0.4, -0.2) is 56.8 Å². The van der Waals surface area contributed by atoms with E-state index in [1.807, 2.05) is 0 Å². The molecule has 0 radical (unpaired) electrons. The van der Waals surface area contributed by atoms with Gasteiger partial charge in [-0.15, -0.1) is 0 Å². The fourth-order valence-electron chi connectivity index (χ4n) is 4.04. The number of aromatic hydroxyl groups is 3. The van der Waals surface area contributed by atoms with Crippen LogP contribution in [0.1, 0.15) is 37.5 Å². The molecule has 0 fully saturated rings. The van der Waals surface area contributed by atoms with E-state index in [1.165, 1.54) is 36.4 Å². The first-order valence-electron chi connectivity index (χ1n) is 13.2. The molecule has 218 valence electrons. The first-order chi connectivity index (χ1) is 19.3. The smallest absolute Gasteiger partial charge is 0.329 e. The van der Waals surface area contributed by atoms with Crippen molar-refractivity contribution in [1.29, 1.82) is 0 Å². The Morgan fingerprint density at radius 2 is 1.02 bits per heavy atom. The van der Waals surface area contributed by atoms with Crippen molar-refractivity contribution < 1.29 is 34.4 Å². The fourth-order valence-corrected chi connectivity index (χ4v) is 4.04. The van der Waals surface area contributed by atoms with Gasteiger partial charge in [-0.05, 0) is 80.3 Å². The van der Waals surface area contributed by atoms with E-state index in [1.54, 1.807) is 57.2 Å². The zero-order chi connectivity index (χ0) is 30.2. The van der Waals surface area contributed by atoms with Gasteiger partial charge in [-0.3, -0.25) is 9.59 Å². The highest BCUT2D eigenvalue weighted by molar-refractivity contribution is 5.92. The van der Waals surface area contributed by atoms with Gasteiger partial charge in [0.2, 0.25) is 11.8 Å². The largest absolute Gasteiger partial charge is 0.508 e. The number of hydrogen-bond donors (Lipinski definition) is 6. The van der Waals surface area contributed by atoms with Crippen LogP contribution in [0.15, 0.2) is 72.8 Å². The number of phenols is 3. The summed E-state index contributed by atoms with van der Waals surface area (Å²) in [6.45, 7) is 5.15. The summed E-state index contributed by atoms with van der Waals surface area (Å²) in [5.41, 5.74) is 7.39. The summed E-state index contributed by atoms with van der Waals surface area (Å²) in [4.78, 5) is 39.8. The Labute approximate surface area is 239 Å². The third kappa shape index (κ3) is 10.2. The lowest BCUT2D eigenvalue weighted by Crippen LogP contribution is -2.56. The van der Waals surface area contributed by atoms with Crippen LogP contribution < -0.4 is 16.4 Å². The van der Waals surface area contributed by atoms with Crippen molar-refractivity contribution in [2.75, 3.05) is 0 Å². The van der Waals surface area contributed by atoms with Crippen LogP contribution in [0.5, 0.6) is 17.2 Å². The van der Waals surface area contributed by atoms with Crippen LogP contribution >= 0.6 is 0 Å². The van der Waals surface area contributed by atoms with Crippen molar-refractivity contribution in [1.82, 2.24) is 10.6 Å². The van der Waals surface area contributed by atoms with Crippen LogP contribution in [-0.2, 0) is 38.4 Å². The van der Waals surface area contributed by atoms with Gasteiger partial charge in [-0.2, -0.15) is 0 Å². The number of hydrogen-bond acceptors (Lipinski definition) is 8. The van der Waals surface area contributed by atoms with Crippen molar-refractivity contribution >= 4 is 17.8 Å². The SMILES string of the molecule is CC(C)(C)OC(=O)[C@H](Cc1ccc(O)cc1)NC(=O)[C@H](Cc1ccc(O)cc1)NC(=O)[C@@H](N)Cc1ccc(O)cc1. The summed E-state index contributed by atoms with van der Waals surface area (Å²) in [5, 5.41) is 34.2. The number of ether oxygens (including phenoxy) is 1. The topological polar surface area (TPSA) is 171 Å². The third-order valence-electron chi connectivity index (χ3n) is 6.12. The lowest BCUT2D eigenvalue weighted by Gasteiger charge is -2.27. The van der Waals surface area contributed by atoms with Gasteiger partial charge in [0.15, 0.2) is 0 Å². The van der Waals surface area contributed by atoms with Gasteiger partial charge in [0.1, 0.15) is 34.9 Å². The Balaban J connectivity index is 1.82. The number of amides is 2. The lowest BCUT2D eigenvalue weighted by atomic mass is 10.0. The van der Waals surface area contributed by atoms with Gasteiger partial charge < -0.3 is 36.4 Å². The van der Waals surface area contributed by atoms with Crippen LogP contribution in [0.2, 0.25) is 0 Å². The standard InChI is InChI=1S/C31H37N3O7/c1-31(2,3)41-30(40)27(18-21-8-14-24(37)15-9-21)34-29(39)26(17-20-6-12-23(36)13-7-20)33-28(38)25(32)16-19-4-10-22(35)11-5-19/h4-15,25-27,35-37H,16-18,32H2,1-3H3,(H,33,38)(H,34,39)/t25-,26-,27-/m0/s1. The summed E-state index contributed by atoms with van der Waals surface area (Å²) in [5.74, 6) is -1.66. The van der Waals surface area contributed by atoms with Crippen molar-refractivity contribution in [3.8, 4) is 17.2 Å². The number of nitrogens with one attached hydrogen (secondary N) is 2. The quantitative estimate of drug-likeness (QED) is 0.193. The number of esters is 1. The second-order valence-corrected chi connectivity index (χ2v) is 10.9. The molecule has 41 heavy (non-hydrogen) atoms. The normalized spacial score (nSPS) is 13.5. The summed E-state index contributed by atoms with van der Waals surface area (Å²) in [6.07, 6.45) is 0.312. The molecule has 0 spiro atoms. The molecule has 3 aromatic rings. The molecule has 3 atom stereocenters. The number of phenolic OH excluding ortho intramolecular Hbond substituents is 3. The maximum Gasteiger partial charge on any atom is 0.329 e. The minimum absolute atomic E-state index is 0.0496. The molecule has 0 unspecified atom stereocenters. The minimum Gasteiger partial charge on any atom is -0.508 e. The number of carbonyl (C=O) groups is 3. The zero-order valence-electron chi connectivity index (χ0n) is 23.3. The molecule has 3 aromatic carbocycles. The van der Waals surface area contributed by atoms with E-state index in [-0.39, 0.29) is 36.5 Å². The molecule has 7 N–H and O–H groups in total. The maximum atomic E-state index is 13.6. The molecule has 0 aromatic heterocycles. The summed E-state index contributed by atoms with van der Waals surface area (Å²) in [6, 6.07) is 15.5. The fraction of sp³-hybridized carbons (Fsp3) is 0.323. The summed E-state index contributed by atoms with van der Waals surface area (Å²) < 4.78 is 5.55. The van der Waals surface area contributed by atoms with Gasteiger partial charge in [0.05, 0.1) is 6.04 Å². The van der Waals surface area contributed by atoms with E-state index in [2.05, 4.69) is 10.6 Å². The van der Waals surface area contributed by atoms with E-state index < -0.39 is 41.5 Å². The van der Waals surface area contributed by atoms with E-state index in [0.29, 0.717) is 11.1 Å². The van der Waals surface area contributed by atoms with E-state index in [4.69, 9.17) is 10.5 Å². The Bertz CT molecular complexity index is 1320. The first kappa shape index (κ1) is 31.0. The van der Waals surface area contributed by atoms with Crippen LogP contribution in [0.4, 0.5) is 0 Å².